The maximum absolute atomic E-state index is 8.90. The Morgan fingerprint density at radius 1 is 1.24 bits per heavy atom. The molecule has 0 saturated carbocycles. The van der Waals surface area contributed by atoms with Crippen LogP contribution in [0.5, 0.6) is 11.5 Å². The lowest BCUT2D eigenvalue weighted by Gasteiger charge is -2.07. The van der Waals surface area contributed by atoms with Crippen molar-refractivity contribution in [2.75, 3.05) is 0 Å². The van der Waals surface area contributed by atoms with E-state index in [9.17, 15) is 0 Å². The number of nitriles is 1. The van der Waals surface area contributed by atoms with Crippen molar-refractivity contribution in [3.05, 3.63) is 40.7 Å². The van der Waals surface area contributed by atoms with Crippen LogP contribution in [-0.2, 0) is 0 Å². The number of hydrogen-bond acceptors (Lipinski definition) is 3. The predicted octanol–water partition coefficient (Wildman–Crippen LogP) is 3.00. The van der Waals surface area contributed by atoms with E-state index in [1.807, 2.05) is 32.9 Å². The molecule has 0 aliphatic rings. The van der Waals surface area contributed by atoms with Crippen LogP contribution in [0.2, 0.25) is 0 Å². The van der Waals surface area contributed by atoms with Gasteiger partial charge in [0, 0.05) is 0 Å². The summed E-state index contributed by atoms with van der Waals surface area (Å²) < 4.78 is 5.76. The summed E-state index contributed by atoms with van der Waals surface area (Å²) in [5.74, 6) is 1.38. The average molecular weight is 227 g/mol. The second-order valence-electron chi connectivity index (χ2n) is 4.01. The van der Waals surface area contributed by atoms with E-state index in [4.69, 9.17) is 10.00 Å². The molecule has 0 saturated heterocycles. The second-order valence-corrected chi connectivity index (χ2v) is 4.01. The van der Waals surface area contributed by atoms with E-state index >= 15 is 0 Å². The van der Waals surface area contributed by atoms with Gasteiger partial charge in [0.15, 0.2) is 5.75 Å². The highest BCUT2D eigenvalue weighted by Gasteiger charge is 2.09. The molecule has 2 rings (SSSR count). The Bertz CT molecular complexity index is 574. The van der Waals surface area contributed by atoms with Crippen LogP contribution in [0, 0.1) is 32.1 Å². The Balaban J connectivity index is 2.37. The van der Waals surface area contributed by atoms with Gasteiger partial charge in [-0.2, -0.15) is 10.4 Å². The fraction of sp³-hybridized carbons (Fsp3) is 0.231. The first-order chi connectivity index (χ1) is 8.10. The summed E-state index contributed by atoms with van der Waals surface area (Å²) in [5.41, 5.74) is 3.28. The molecule has 2 aromatic rings. The van der Waals surface area contributed by atoms with Gasteiger partial charge in [0.2, 0.25) is 0 Å². The lowest BCUT2D eigenvalue weighted by molar-refractivity contribution is 0.475. The number of aromatic nitrogens is 2. The number of aryl methyl sites for hydroxylation is 3. The number of ether oxygens (including phenoxy) is 1. The lowest BCUT2D eigenvalue weighted by atomic mass is 10.1. The monoisotopic (exact) mass is 227 g/mol. The summed E-state index contributed by atoms with van der Waals surface area (Å²) >= 11 is 0. The van der Waals surface area contributed by atoms with Crippen molar-refractivity contribution in [2.24, 2.45) is 0 Å². The first-order valence-electron chi connectivity index (χ1n) is 5.31. The van der Waals surface area contributed by atoms with Gasteiger partial charge in [-0.05, 0) is 44.5 Å². The first kappa shape index (κ1) is 11.2. The summed E-state index contributed by atoms with van der Waals surface area (Å²) in [7, 11) is 0. The molecule has 0 fully saturated rings. The quantitative estimate of drug-likeness (QED) is 0.857. The third kappa shape index (κ3) is 2.28. The molecule has 0 atom stereocenters. The number of aromatic amines is 1. The van der Waals surface area contributed by atoms with E-state index in [1.165, 1.54) is 0 Å². The molecular formula is C13H13N3O. The Hall–Kier alpha value is -2.28. The van der Waals surface area contributed by atoms with Crippen molar-refractivity contribution in [3.63, 3.8) is 0 Å². The van der Waals surface area contributed by atoms with Gasteiger partial charge in [0.1, 0.15) is 11.4 Å². The molecule has 17 heavy (non-hydrogen) atoms. The minimum absolute atomic E-state index is 0.596. The second kappa shape index (κ2) is 4.30. The topological polar surface area (TPSA) is 61.7 Å². The molecule has 0 radical (unpaired) electrons. The molecule has 1 aromatic carbocycles. The minimum atomic E-state index is 0.596. The van der Waals surface area contributed by atoms with Gasteiger partial charge in [-0.15, -0.1) is 0 Å². The largest absolute Gasteiger partial charge is 0.453 e. The number of nitrogens with one attached hydrogen (secondary N) is 1. The third-order valence-electron chi connectivity index (χ3n) is 2.46. The smallest absolute Gasteiger partial charge is 0.170 e. The summed E-state index contributed by atoms with van der Waals surface area (Å²) in [6, 6.07) is 7.55. The van der Waals surface area contributed by atoms with Crippen molar-refractivity contribution < 1.29 is 4.74 Å². The van der Waals surface area contributed by atoms with E-state index in [-0.39, 0.29) is 0 Å². The molecule has 1 N–H and O–H groups in total. The normalized spacial score (nSPS) is 10.0. The number of hydrogen-bond donors (Lipinski definition) is 1. The van der Waals surface area contributed by atoms with Gasteiger partial charge >= 0.3 is 0 Å². The fourth-order valence-electron chi connectivity index (χ4n) is 1.68. The Morgan fingerprint density at radius 2 is 2.00 bits per heavy atom. The Morgan fingerprint density at radius 3 is 2.59 bits per heavy atom. The lowest BCUT2D eigenvalue weighted by Crippen LogP contribution is -1.89. The highest BCUT2D eigenvalue weighted by Crippen LogP contribution is 2.27. The van der Waals surface area contributed by atoms with Gasteiger partial charge < -0.3 is 4.74 Å². The van der Waals surface area contributed by atoms with Crippen LogP contribution < -0.4 is 4.74 Å². The van der Waals surface area contributed by atoms with E-state index in [1.54, 1.807) is 6.07 Å². The van der Waals surface area contributed by atoms with Crippen molar-refractivity contribution in [1.82, 2.24) is 10.2 Å². The van der Waals surface area contributed by atoms with Gasteiger partial charge in [0.25, 0.3) is 0 Å². The number of benzene rings is 1. The molecule has 1 aromatic heterocycles. The summed E-state index contributed by atoms with van der Waals surface area (Å²) in [5, 5.41) is 15.8. The fourth-order valence-corrected chi connectivity index (χ4v) is 1.68. The molecule has 0 bridgehead atoms. The number of H-pyrrole nitrogens is 1. The first-order valence-corrected chi connectivity index (χ1v) is 5.31. The van der Waals surface area contributed by atoms with Crippen LogP contribution in [0.25, 0.3) is 0 Å². The van der Waals surface area contributed by atoms with Gasteiger partial charge in [-0.3, -0.25) is 5.10 Å². The average Bonchev–Trinajstić information content (AvgIpc) is 2.60. The highest BCUT2D eigenvalue weighted by molar-refractivity contribution is 5.43. The zero-order valence-electron chi connectivity index (χ0n) is 10.0. The maximum atomic E-state index is 8.90. The van der Waals surface area contributed by atoms with Crippen molar-refractivity contribution in [1.29, 1.82) is 5.26 Å². The summed E-state index contributed by atoms with van der Waals surface area (Å²) in [6.07, 6.45) is 0. The van der Waals surface area contributed by atoms with Crippen LogP contribution in [0.15, 0.2) is 18.2 Å². The van der Waals surface area contributed by atoms with Crippen LogP contribution in [0.4, 0.5) is 0 Å². The van der Waals surface area contributed by atoms with Crippen molar-refractivity contribution in [3.8, 4) is 17.6 Å². The number of nitrogens with zero attached hydrogens (tertiary/aromatic N) is 2. The van der Waals surface area contributed by atoms with Crippen molar-refractivity contribution in [2.45, 2.75) is 20.8 Å². The standard InChI is InChI=1S/C13H13N3O/c1-8-4-11(7-14)6-12(5-8)17-13-9(2)15-16-10(13)3/h4-6H,1-3H3,(H,15,16). The molecule has 0 aliphatic carbocycles. The van der Waals surface area contributed by atoms with Crippen LogP contribution >= 0.6 is 0 Å². The highest BCUT2D eigenvalue weighted by atomic mass is 16.5. The summed E-state index contributed by atoms with van der Waals surface area (Å²) in [4.78, 5) is 0. The molecule has 0 unspecified atom stereocenters. The van der Waals surface area contributed by atoms with Crippen LogP contribution in [0.3, 0.4) is 0 Å². The molecule has 0 amide bonds. The van der Waals surface area contributed by atoms with Gasteiger partial charge in [0.05, 0.1) is 17.3 Å². The zero-order valence-corrected chi connectivity index (χ0v) is 10.0. The van der Waals surface area contributed by atoms with E-state index in [0.29, 0.717) is 11.3 Å². The van der Waals surface area contributed by atoms with E-state index in [0.717, 1.165) is 22.7 Å². The Labute approximate surface area is 99.9 Å². The minimum Gasteiger partial charge on any atom is -0.453 e. The third-order valence-corrected chi connectivity index (χ3v) is 2.46. The molecule has 4 nitrogen and oxygen atoms in total. The number of rotatable bonds is 2. The molecule has 0 aliphatic heterocycles. The van der Waals surface area contributed by atoms with Crippen LogP contribution in [0.1, 0.15) is 22.5 Å². The van der Waals surface area contributed by atoms with Gasteiger partial charge in [-0.1, -0.05) is 0 Å². The van der Waals surface area contributed by atoms with E-state index < -0.39 is 0 Å². The molecule has 4 heteroatoms. The van der Waals surface area contributed by atoms with Crippen molar-refractivity contribution >= 4 is 0 Å². The van der Waals surface area contributed by atoms with Gasteiger partial charge in [-0.25, -0.2) is 0 Å². The molecular weight excluding hydrogens is 214 g/mol. The maximum Gasteiger partial charge on any atom is 0.170 e. The Kier molecular flexibility index (Phi) is 2.84. The molecule has 1 heterocycles. The predicted molar refractivity (Wildman–Crippen MR) is 64.0 cm³/mol. The van der Waals surface area contributed by atoms with E-state index in [2.05, 4.69) is 16.3 Å². The SMILES string of the molecule is Cc1cc(C#N)cc(Oc2c(C)n[nH]c2C)c1. The molecule has 86 valence electrons. The molecule has 0 spiro atoms. The summed E-state index contributed by atoms with van der Waals surface area (Å²) in [6.45, 7) is 5.71. The van der Waals surface area contributed by atoms with Crippen LogP contribution in [-0.4, -0.2) is 10.2 Å². The zero-order chi connectivity index (χ0) is 12.4.